The highest BCUT2D eigenvalue weighted by molar-refractivity contribution is 7.00. The number of nitrogens with zero attached hydrogens (tertiary/aromatic N) is 4. The maximum atomic E-state index is 2.52. The van der Waals surface area contributed by atoms with Gasteiger partial charge in [0.05, 0.1) is 11.0 Å². The van der Waals surface area contributed by atoms with Crippen molar-refractivity contribution in [3.05, 3.63) is 237 Å². The fraction of sp³-hybridized carbons (Fsp3) is 0. The molecule has 13 rings (SSSR count). The smallest absolute Gasteiger partial charge is 0.252 e. The van der Waals surface area contributed by atoms with Gasteiger partial charge >= 0.3 is 0 Å². The first kappa shape index (κ1) is 35.5. The lowest BCUT2D eigenvalue weighted by Crippen LogP contribution is -2.61. The monoisotopic (exact) mass is 802 g/mol. The number of benzene rings is 10. The molecule has 0 fully saturated rings. The zero-order valence-electron chi connectivity index (χ0n) is 34.4. The molecular formula is C58H39BN4. The van der Waals surface area contributed by atoms with Crippen LogP contribution >= 0.6 is 0 Å². The van der Waals surface area contributed by atoms with Gasteiger partial charge in [0.15, 0.2) is 0 Å². The van der Waals surface area contributed by atoms with Crippen LogP contribution in [0.2, 0.25) is 0 Å². The molecule has 0 bridgehead atoms. The maximum Gasteiger partial charge on any atom is 0.252 e. The Morgan fingerprint density at radius 2 is 0.841 bits per heavy atom. The van der Waals surface area contributed by atoms with Gasteiger partial charge in [0.1, 0.15) is 0 Å². The standard InChI is InChI=1S/C58H39BN4/c1-4-19-42(20-5-1)60(43-21-6-2-7-22-43)46-33-35-50-56(38-46)61(44-23-8-3-9-24-44)54-29-16-30-55-58(54)59(50)51-36-34-47(62-52-27-14-12-25-48(52)49-26-13-15-28-53(49)62)39-57(51)63(55)45-32-31-40-17-10-11-18-41(40)37-45/h1-39H. The van der Waals surface area contributed by atoms with Crippen molar-refractivity contribution in [2.45, 2.75) is 0 Å². The summed E-state index contributed by atoms with van der Waals surface area (Å²) in [6.07, 6.45) is 0. The van der Waals surface area contributed by atoms with Gasteiger partial charge in [0.25, 0.3) is 6.71 Å². The quantitative estimate of drug-likeness (QED) is 0.156. The van der Waals surface area contributed by atoms with Gasteiger partial charge in [-0.15, -0.1) is 0 Å². The van der Waals surface area contributed by atoms with E-state index in [-0.39, 0.29) is 6.71 Å². The molecule has 0 amide bonds. The van der Waals surface area contributed by atoms with Crippen LogP contribution in [-0.4, -0.2) is 11.3 Å². The minimum absolute atomic E-state index is 0.0268. The molecule has 1 aromatic heterocycles. The van der Waals surface area contributed by atoms with Crippen LogP contribution in [0.25, 0.3) is 38.3 Å². The molecule has 0 spiro atoms. The molecule has 0 saturated carbocycles. The molecule has 2 aliphatic heterocycles. The van der Waals surface area contributed by atoms with E-state index >= 15 is 0 Å². The number of anilines is 9. The van der Waals surface area contributed by atoms with Crippen molar-refractivity contribution in [1.29, 1.82) is 0 Å². The second-order valence-corrected chi connectivity index (χ2v) is 16.5. The third-order valence-electron chi connectivity index (χ3n) is 13.1. The van der Waals surface area contributed by atoms with E-state index in [2.05, 4.69) is 256 Å². The van der Waals surface area contributed by atoms with Crippen molar-refractivity contribution in [2.75, 3.05) is 14.7 Å². The first-order valence-electron chi connectivity index (χ1n) is 21.7. The summed E-state index contributed by atoms with van der Waals surface area (Å²) in [6, 6.07) is 86.6. The van der Waals surface area contributed by atoms with Crippen molar-refractivity contribution >= 4 is 107 Å². The maximum absolute atomic E-state index is 2.52. The molecule has 0 unspecified atom stereocenters. The Labute approximate surface area is 366 Å². The van der Waals surface area contributed by atoms with Crippen LogP contribution in [0.3, 0.4) is 0 Å². The highest BCUT2D eigenvalue weighted by Gasteiger charge is 2.43. The Morgan fingerprint density at radius 3 is 1.51 bits per heavy atom. The van der Waals surface area contributed by atoms with Gasteiger partial charge in [-0.25, -0.2) is 0 Å². The molecule has 0 aliphatic carbocycles. The Morgan fingerprint density at radius 1 is 0.317 bits per heavy atom. The Balaban J connectivity index is 1.09. The second kappa shape index (κ2) is 14.2. The number of para-hydroxylation sites is 5. The van der Waals surface area contributed by atoms with Crippen LogP contribution in [0.4, 0.5) is 51.2 Å². The molecular weight excluding hydrogens is 763 g/mol. The number of hydrogen-bond acceptors (Lipinski definition) is 3. The zero-order chi connectivity index (χ0) is 41.4. The Kier molecular flexibility index (Phi) is 7.97. The van der Waals surface area contributed by atoms with Crippen molar-refractivity contribution < 1.29 is 0 Å². The molecule has 2 aliphatic rings. The van der Waals surface area contributed by atoms with Crippen LogP contribution in [0.5, 0.6) is 0 Å². The van der Waals surface area contributed by atoms with Crippen molar-refractivity contribution in [3.8, 4) is 5.69 Å². The average Bonchev–Trinajstić information content (AvgIpc) is 3.69. The van der Waals surface area contributed by atoms with Gasteiger partial charge in [-0.3, -0.25) is 0 Å². The number of rotatable bonds is 6. The average molecular weight is 803 g/mol. The molecule has 0 atom stereocenters. The first-order chi connectivity index (χ1) is 31.3. The summed E-state index contributed by atoms with van der Waals surface area (Å²) in [5, 5.41) is 4.95. The summed E-state index contributed by atoms with van der Waals surface area (Å²) in [5.74, 6) is 0. The lowest BCUT2D eigenvalue weighted by Gasteiger charge is -2.44. The largest absolute Gasteiger partial charge is 0.311 e. The van der Waals surface area contributed by atoms with E-state index in [0.29, 0.717) is 0 Å². The Bertz CT molecular complexity index is 3450. The third kappa shape index (κ3) is 5.50. The van der Waals surface area contributed by atoms with Crippen molar-refractivity contribution in [1.82, 2.24) is 4.57 Å². The van der Waals surface area contributed by atoms with Gasteiger partial charge in [-0.1, -0.05) is 140 Å². The highest BCUT2D eigenvalue weighted by Crippen LogP contribution is 2.47. The van der Waals surface area contributed by atoms with Crippen LogP contribution in [0.15, 0.2) is 237 Å². The summed E-state index contributed by atoms with van der Waals surface area (Å²) in [5.41, 5.74) is 17.7. The molecule has 0 radical (unpaired) electrons. The molecule has 5 heteroatoms. The number of aromatic nitrogens is 1. The first-order valence-corrected chi connectivity index (χ1v) is 21.7. The molecule has 0 N–H and O–H groups in total. The predicted octanol–water partition coefficient (Wildman–Crippen LogP) is 13.5. The SMILES string of the molecule is c1ccc(N(c2ccccc2)c2ccc3c(c2)N(c2ccccc2)c2cccc4c2B3c2ccc(-n3c5ccccc5c5ccccc53)cc2N4c2ccc3ccccc3c2)cc1. The van der Waals surface area contributed by atoms with E-state index in [4.69, 9.17) is 0 Å². The zero-order valence-corrected chi connectivity index (χ0v) is 34.4. The summed E-state index contributed by atoms with van der Waals surface area (Å²) >= 11 is 0. The van der Waals surface area contributed by atoms with Crippen LogP contribution in [-0.2, 0) is 0 Å². The fourth-order valence-corrected chi connectivity index (χ4v) is 10.4. The molecule has 0 saturated heterocycles. The topological polar surface area (TPSA) is 14.7 Å². The summed E-state index contributed by atoms with van der Waals surface area (Å²) in [6.45, 7) is -0.0268. The summed E-state index contributed by atoms with van der Waals surface area (Å²) in [4.78, 5) is 7.37. The van der Waals surface area contributed by atoms with E-state index in [9.17, 15) is 0 Å². The normalized spacial score (nSPS) is 12.7. The van der Waals surface area contributed by atoms with Crippen LogP contribution < -0.4 is 31.1 Å². The highest BCUT2D eigenvalue weighted by atomic mass is 15.2. The number of hydrogen-bond donors (Lipinski definition) is 0. The molecule has 10 aromatic carbocycles. The van der Waals surface area contributed by atoms with E-state index in [1.807, 2.05) is 0 Å². The Hall–Kier alpha value is -8.28. The van der Waals surface area contributed by atoms with Crippen molar-refractivity contribution in [2.24, 2.45) is 0 Å². The molecule has 4 nitrogen and oxygen atoms in total. The van der Waals surface area contributed by atoms with Gasteiger partial charge in [0.2, 0.25) is 0 Å². The van der Waals surface area contributed by atoms with E-state index in [1.54, 1.807) is 0 Å². The van der Waals surface area contributed by atoms with Gasteiger partial charge in [-0.05, 0) is 124 Å². The van der Waals surface area contributed by atoms with Gasteiger partial charge < -0.3 is 19.3 Å². The fourth-order valence-electron chi connectivity index (χ4n) is 10.4. The molecule has 294 valence electrons. The lowest BCUT2D eigenvalue weighted by atomic mass is 9.33. The van der Waals surface area contributed by atoms with E-state index < -0.39 is 0 Å². The predicted molar refractivity (Wildman–Crippen MR) is 267 cm³/mol. The van der Waals surface area contributed by atoms with E-state index in [1.165, 1.54) is 71.7 Å². The number of fused-ring (bicyclic) bond motifs is 8. The van der Waals surface area contributed by atoms with Crippen molar-refractivity contribution in [3.63, 3.8) is 0 Å². The summed E-state index contributed by atoms with van der Waals surface area (Å²) < 4.78 is 2.44. The van der Waals surface area contributed by atoms with Crippen LogP contribution in [0, 0.1) is 0 Å². The molecule has 63 heavy (non-hydrogen) atoms. The second-order valence-electron chi connectivity index (χ2n) is 16.5. The minimum Gasteiger partial charge on any atom is -0.311 e. The van der Waals surface area contributed by atoms with Crippen LogP contribution in [0.1, 0.15) is 0 Å². The minimum atomic E-state index is -0.0268. The molecule has 11 aromatic rings. The van der Waals surface area contributed by atoms with E-state index in [0.717, 1.165) is 34.1 Å². The van der Waals surface area contributed by atoms with Gasteiger partial charge in [0, 0.05) is 67.6 Å². The lowest BCUT2D eigenvalue weighted by molar-refractivity contribution is 1.17. The summed E-state index contributed by atoms with van der Waals surface area (Å²) in [7, 11) is 0. The third-order valence-corrected chi connectivity index (χ3v) is 13.1. The van der Waals surface area contributed by atoms with Gasteiger partial charge in [-0.2, -0.15) is 0 Å². The molecule has 3 heterocycles.